The minimum Gasteiger partial charge on any atom is -0.341 e. The van der Waals surface area contributed by atoms with Gasteiger partial charge in [0.2, 0.25) is 5.91 Å². The predicted molar refractivity (Wildman–Crippen MR) is 66.3 cm³/mol. The highest BCUT2D eigenvalue weighted by atomic mass is 32.2. The molecule has 0 saturated carbocycles. The smallest absolute Gasteiger partial charge is 0.232 e. The van der Waals surface area contributed by atoms with Gasteiger partial charge in [0, 0.05) is 24.9 Å². The first-order valence-electron chi connectivity index (χ1n) is 5.84. The van der Waals surface area contributed by atoms with Crippen molar-refractivity contribution in [2.45, 2.75) is 31.9 Å². The third-order valence-electron chi connectivity index (χ3n) is 2.76. The van der Waals surface area contributed by atoms with Gasteiger partial charge in [-0.3, -0.25) is 4.79 Å². The zero-order valence-corrected chi connectivity index (χ0v) is 10.6. The summed E-state index contributed by atoms with van der Waals surface area (Å²) in [5.41, 5.74) is 0. The molecule has 1 unspecified atom stereocenters. The number of nitrogens with zero attached hydrogens (tertiary/aromatic N) is 1. The quantitative estimate of drug-likeness (QED) is 0.791. The normalized spacial score (nSPS) is 19.7. The third-order valence-corrected chi connectivity index (χ3v) is 4.08. The van der Waals surface area contributed by atoms with Gasteiger partial charge in [-0.2, -0.15) is 0 Å². The van der Waals surface area contributed by atoms with Crippen LogP contribution in [-0.2, 0) is 4.79 Å². The number of nitrogens with one attached hydrogen (secondary N) is 1. The van der Waals surface area contributed by atoms with Crippen LogP contribution in [-0.4, -0.2) is 48.0 Å². The van der Waals surface area contributed by atoms with Crippen molar-refractivity contribution < 1.29 is 4.79 Å². The Morgan fingerprint density at radius 3 is 3.00 bits per heavy atom. The molecule has 4 heteroatoms. The van der Waals surface area contributed by atoms with E-state index >= 15 is 0 Å². The van der Waals surface area contributed by atoms with Gasteiger partial charge in [-0.1, -0.05) is 13.8 Å². The number of hydrogen-bond acceptors (Lipinski definition) is 3. The Labute approximate surface area is 97.0 Å². The number of carbonyl (C=O) groups excluding carboxylic acids is 1. The summed E-state index contributed by atoms with van der Waals surface area (Å²) in [6, 6.07) is 0. The van der Waals surface area contributed by atoms with E-state index < -0.39 is 0 Å². The van der Waals surface area contributed by atoms with E-state index in [1.54, 1.807) is 11.8 Å². The molecular weight excluding hydrogens is 208 g/mol. The molecule has 0 aliphatic carbocycles. The monoisotopic (exact) mass is 230 g/mol. The molecule has 0 aromatic rings. The highest BCUT2D eigenvalue weighted by Gasteiger charge is 2.15. The van der Waals surface area contributed by atoms with Gasteiger partial charge in [0.25, 0.3) is 0 Å². The van der Waals surface area contributed by atoms with Crippen molar-refractivity contribution in [3.63, 3.8) is 0 Å². The van der Waals surface area contributed by atoms with E-state index in [2.05, 4.69) is 19.2 Å². The Bertz CT molecular complexity index is 191. The van der Waals surface area contributed by atoms with E-state index in [1.165, 1.54) is 0 Å². The SMILES string of the molecule is CCC(C)SCC(=O)N1CCCNCC1. The molecule has 1 heterocycles. The Morgan fingerprint density at radius 1 is 1.47 bits per heavy atom. The number of hydrogen-bond donors (Lipinski definition) is 1. The van der Waals surface area contributed by atoms with Gasteiger partial charge < -0.3 is 10.2 Å². The van der Waals surface area contributed by atoms with Gasteiger partial charge in [-0.05, 0) is 19.4 Å². The Hall–Kier alpha value is -0.220. The van der Waals surface area contributed by atoms with Crippen molar-refractivity contribution in [2.24, 2.45) is 0 Å². The van der Waals surface area contributed by atoms with Crippen LogP contribution >= 0.6 is 11.8 Å². The molecule has 1 aliphatic heterocycles. The molecule has 3 nitrogen and oxygen atoms in total. The summed E-state index contributed by atoms with van der Waals surface area (Å²) in [5.74, 6) is 0.957. The lowest BCUT2D eigenvalue weighted by Gasteiger charge is -2.20. The summed E-state index contributed by atoms with van der Waals surface area (Å²) in [4.78, 5) is 13.8. The first kappa shape index (κ1) is 12.8. The highest BCUT2D eigenvalue weighted by Crippen LogP contribution is 2.14. The molecular formula is C11H22N2OS. The van der Waals surface area contributed by atoms with Crippen LogP contribution in [0.3, 0.4) is 0 Å². The van der Waals surface area contributed by atoms with Crippen LogP contribution in [0.5, 0.6) is 0 Å². The van der Waals surface area contributed by atoms with Gasteiger partial charge >= 0.3 is 0 Å². The van der Waals surface area contributed by atoms with Crippen LogP contribution in [0.4, 0.5) is 0 Å². The van der Waals surface area contributed by atoms with Gasteiger partial charge in [0.1, 0.15) is 0 Å². The molecule has 1 amide bonds. The lowest BCUT2D eigenvalue weighted by molar-refractivity contribution is -0.128. The van der Waals surface area contributed by atoms with Crippen LogP contribution in [0.2, 0.25) is 0 Å². The summed E-state index contributed by atoms with van der Waals surface area (Å²) in [6.07, 6.45) is 2.22. The fourth-order valence-corrected chi connectivity index (χ4v) is 2.36. The second-order valence-electron chi connectivity index (χ2n) is 4.01. The molecule has 1 fully saturated rings. The zero-order valence-electron chi connectivity index (χ0n) is 9.79. The van der Waals surface area contributed by atoms with Gasteiger partial charge in [0.05, 0.1) is 5.75 Å². The summed E-state index contributed by atoms with van der Waals surface area (Å²) < 4.78 is 0. The second-order valence-corrected chi connectivity index (χ2v) is 5.44. The topological polar surface area (TPSA) is 32.3 Å². The minimum atomic E-state index is 0.309. The first-order valence-corrected chi connectivity index (χ1v) is 6.89. The van der Waals surface area contributed by atoms with E-state index in [0.717, 1.165) is 39.0 Å². The largest absolute Gasteiger partial charge is 0.341 e. The van der Waals surface area contributed by atoms with Crippen molar-refractivity contribution in [2.75, 3.05) is 31.9 Å². The molecule has 1 saturated heterocycles. The molecule has 1 rings (SSSR count). The molecule has 0 aromatic carbocycles. The van der Waals surface area contributed by atoms with Crippen LogP contribution in [0, 0.1) is 0 Å². The summed E-state index contributed by atoms with van der Waals surface area (Å²) in [5, 5.41) is 3.90. The van der Waals surface area contributed by atoms with Crippen molar-refractivity contribution in [1.29, 1.82) is 0 Å². The van der Waals surface area contributed by atoms with Gasteiger partial charge in [-0.25, -0.2) is 0 Å². The van der Waals surface area contributed by atoms with Crippen LogP contribution in [0.15, 0.2) is 0 Å². The molecule has 88 valence electrons. The van der Waals surface area contributed by atoms with E-state index in [0.29, 0.717) is 16.9 Å². The Morgan fingerprint density at radius 2 is 2.27 bits per heavy atom. The van der Waals surface area contributed by atoms with Crippen molar-refractivity contribution in [1.82, 2.24) is 10.2 Å². The summed E-state index contributed by atoms with van der Waals surface area (Å²) >= 11 is 1.77. The van der Waals surface area contributed by atoms with Crippen LogP contribution in [0.25, 0.3) is 0 Å². The fourth-order valence-electron chi connectivity index (χ4n) is 1.52. The lowest BCUT2D eigenvalue weighted by atomic mass is 10.4. The van der Waals surface area contributed by atoms with Crippen LogP contribution < -0.4 is 5.32 Å². The number of carbonyl (C=O) groups is 1. The molecule has 0 aromatic heterocycles. The molecule has 1 N–H and O–H groups in total. The Balaban J connectivity index is 2.25. The summed E-state index contributed by atoms with van der Waals surface area (Å²) in [6.45, 7) is 8.13. The molecule has 1 atom stereocenters. The van der Waals surface area contributed by atoms with E-state index in [4.69, 9.17) is 0 Å². The molecule has 15 heavy (non-hydrogen) atoms. The Kier molecular flexibility index (Phi) is 6.10. The van der Waals surface area contributed by atoms with Crippen molar-refractivity contribution in [3.8, 4) is 0 Å². The van der Waals surface area contributed by atoms with Crippen molar-refractivity contribution in [3.05, 3.63) is 0 Å². The standard InChI is InChI=1S/C11H22N2OS/c1-3-10(2)15-9-11(14)13-7-4-5-12-6-8-13/h10,12H,3-9H2,1-2H3. The second kappa shape index (κ2) is 7.12. The number of thioether (sulfide) groups is 1. The van der Waals surface area contributed by atoms with E-state index in [1.807, 2.05) is 4.90 Å². The number of amides is 1. The van der Waals surface area contributed by atoms with E-state index in [-0.39, 0.29) is 0 Å². The average Bonchev–Trinajstić information content (AvgIpc) is 2.53. The number of rotatable bonds is 4. The summed E-state index contributed by atoms with van der Waals surface area (Å²) in [7, 11) is 0. The van der Waals surface area contributed by atoms with Gasteiger partial charge in [-0.15, -0.1) is 11.8 Å². The average molecular weight is 230 g/mol. The van der Waals surface area contributed by atoms with Crippen LogP contribution in [0.1, 0.15) is 26.7 Å². The zero-order chi connectivity index (χ0) is 11.1. The van der Waals surface area contributed by atoms with Crippen molar-refractivity contribution >= 4 is 17.7 Å². The molecule has 0 radical (unpaired) electrons. The fraction of sp³-hybridized carbons (Fsp3) is 0.909. The predicted octanol–water partition coefficient (Wildman–Crippen LogP) is 1.34. The van der Waals surface area contributed by atoms with E-state index in [9.17, 15) is 4.79 Å². The molecule has 0 spiro atoms. The maximum absolute atomic E-state index is 11.8. The maximum atomic E-state index is 11.8. The first-order chi connectivity index (χ1) is 7.24. The minimum absolute atomic E-state index is 0.309. The maximum Gasteiger partial charge on any atom is 0.232 e. The molecule has 0 bridgehead atoms. The highest BCUT2D eigenvalue weighted by molar-refractivity contribution is 8.00. The van der Waals surface area contributed by atoms with Gasteiger partial charge in [0.15, 0.2) is 0 Å². The molecule has 1 aliphatic rings. The third kappa shape index (κ3) is 4.89. The lowest BCUT2D eigenvalue weighted by Crippen LogP contribution is -2.35.